The number of imide groups is 1. The van der Waals surface area contributed by atoms with Crippen molar-refractivity contribution in [2.45, 2.75) is 24.9 Å². The highest BCUT2D eigenvalue weighted by atomic mass is 16.5. The molecule has 3 heterocycles. The van der Waals surface area contributed by atoms with Crippen molar-refractivity contribution >= 4 is 17.9 Å². The molecule has 1 spiro atoms. The molecule has 112 valence electrons. The lowest BCUT2D eigenvalue weighted by atomic mass is 9.90. The fourth-order valence-electron chi connectivity index (χ4n) is 2.68. The van der Waals surface area contributed by atoms with Gasteiger partial charge in [0, 0.05) is 26.1 Å². The van der Waals surface area contributed by atoms with Crippen molar-refractivity contribution in [3.8, 4) is 0 Å². The van der Waals surface area contributed by atoms with E-state index in [0.29, 0.717) is 26.1 Å². The maximum Gasteiger partial charge on any atom is 0.339 e. The minimum atomic E-state index is -1.16. The van der Waals surface area contributed by atoms with E-state index in [4.69, 9.17) is 14.3 Å². The summed E-state index contributed by atoms with van der Waals surface area (Å²) in [5.74, 6) is -1.44. The fraction of sp³-hybridized carbons (Fsp3) is 0.462. The fourth-order valence-corrected chi connectivity index (χ4v) is 2.68. The standard InChI is InChI=1S/C13H14N2O6/c16-10(17)8-1-4-21-9(8)7-15-11(18)13(14-12(15)19)2-5-20-6-3-13/h1,4H,2-3,5-7H2,(H,14,19)(H,16,17). The van der Waals surface area contributed by atoms with Crippen LogP contribution in [0, 0.1) is 0 Å². The normalized spacial score (nSPS) is 20.9. The zero-order chi connectivity index (χ0) is 15.0. The van der Waals surface area contributed by atoms with Gasteiger partial charge in [0.25, 0.3) is 5.91 Å². The van der Waals surface area contributed by atoms with Gasteiger partial charge in [0.15, 0.2) is 0 Å². The average Bonchev–Trinajstić information content (AvgIpc) is 3.00. The van der Waals surface area contributed by atoms with Gasteiger partial charge in [-0.2, -0.15) is 0 Å². The summed E-state index contributed by atoms with van der Waals surface area (Å²) in [6.45, 7) is 0.615. The molecule has 0 aromatic carbocycles. The van der Waals surface area contributed by atoms with Crippen molar-refractivity contribution in [3.05, 3.63) is 23.7 Å². The molecule has 2 N–H and O–H groups in total. The Bertz CT molecular complexity index is 602. The minimum absolute atomic E-state index is 0.0523. The number of ether oxygens (including phenoxy) is 1. The summed E-state index contributed by atoms with van der Waals surface area (Å²) in [4.78, 5) is 36.6. The number of nitrogens with zero attached hydrogens (tertiary/aromatic N) is 1. The number of urea groups is 1. The second kappa shape index (κ2) is 4.88. The second-order valence-corrected chi connectivity index (χ2v) is 5.08. The van der Waals surface area contributed by atoms with E-state index in [2.05, 4.69) is 5.32 Å². The van der Waals surface area contributed by atoms with Crippen LogP contribution in [0.4, 0.5) is 4.79 Å². The molecule has 2 fully saturated rings. The summed E-state index contributed by atoms with van der Waals surface area (Å²) in [5, 5.41) is 11.7. The van der Waals surface area contributed by atoms with Crippen LogP contribution in [0.3, 0.4) is 0 Å². The van der Waals surface area contributed by atoms with E-state index >= 15 is 0 Å². The lowest BCUT2D eigenvalue weighted by Crippen LogP contribution is -2.51. The van der Waals surface area contributed by atoms with E-state index in [0.717, 1.165) is 4.90 Å². The topological polar surface area (TPSA) is 109 Å². The van der Waals surface area contributed by atoms with Gasteiger partial charge in [-0.25, -0.2) is 9.59 Å². The molecule has 2 saturated heterocycles. The molecule has 21 heavy (non-hydrogen) atoms. The number of carboxylic acid groups (broad SMARTS) is 1. The number of hydrogen-bond acceptors (Lipinski definition) is 5. The van der Waals surface area contributed by atoms with E-state index in [9.17, 15) is 14.4 Å². The first kappa shape index (κ1) is 13.6. The van der Waals surface area contributed by atoms with Crippen LogP contribution in [0.5, 0.6) is 0 Å². The first-order valence-corrected chi connectivity index (χ1v) is 6.55. The molecule has 0 unspecified atom stereocenters. The van der Waals surface area contributed by atoms with E-state index in [-0.39, 0.29) is 23.8 Å². The van der Waals surface area contributed by atoms with Crippen LogP contribution < -0.4 is 5.32 Å². The number of carbonyl (C=O) groups is 3. The van der Waals surface area contributed by atoms with Crippen molar-refractivity contribution in [1.29, 1.82) is 0 Å². The Balaban J connectivity index is 1.82. The zero-order valence-electron chi connectivity index (χ0n) is 11.1. The third-order valence-corrected chi connectivity index (χ3v) is 3.87. The maximum absolute atomic E-state index is 12.5. The molecule has 2 aliphatic heterocycles. The van der Waals surface area contributed by atoms with Crippen molar-refractivity contribution < 1.29 is 28.6 Å². The number of furan rings is 1. The van der Waals surface area contributed by atoms with Crippen LogP contribution in [0.25, 0.3) is 0 Å². The molecule has 0 radical (unpaired) electrons. The molecule has 2 aliphatic rings. The van der Waals surface area contributed by atoms with Gasteiger partial charge in [-0.05, 0) is 6.07 Å². The van der Waals surface area contributed by atoms with Crippen LogP contribution in [0.15, 0.2) is 16.7 Å². The van der Waals surface area contributed by atoms with E-state index in [1.54, 1.807) is 0 Å². The summed E-state index contributed by atoms with van der Waals surface area (Å²) in [6, 6.07) is 0.759. The molecule has 3 rings (SSSR count). The summed E-state index contributed by atoms with van der Waals surface area (Å²) >= 11 is 0. The third kappa shape index (κ3) is 2.17. The van der Waals surface area contributed by atoms with Crippen molar-refractivity contribution in [1.82, 2.24) is 10.2 Å². The monoisotopic (exact) mass is 294 g/mol. The van der Waals surface area contributed by atoms with Gasteiger partial charge in [-0.1, -0.05) is 0 Å². The molecular weight excluding hydrogens is 280 g/mol. The smallest absolute Gasteiger partial charge is 0.339 e. The van der Waals surface area contributed by atoms with E-state index in [1.807, 2.05) is 0 Å². The lowest BCUT2D eigenvalue weighted by molar-refractivity contribution is -0.135. The number of carboxylic acids is 1. The van der Waals surface area contributed by atoms with Gasteiger partial charge in [-0.3, -0.25) is 9.69 Å². The highest BCUT2D eigenvalue weighted by Crippen LogP contribution is 2.29. The Morgan fingerprint density at radius 1 is 1.38 bits per heavy atom. The Kier molecular flexibility index (Phi) is 3.17. The van der Waals surface area contributed by atoms with E-state index < -0.39 is 17.5 Å². The van der Waals surface area contributed by atoms with Gasteiger partial charge in [0.05, 0.1) is 12.8 Å². The van der Waals surface area contributed by atoms with Crippen LogP contribution in [0.2, 0.25) is 0 Å². The van der Waals surface area contributed by atoms with Crippen molar-refractivity contribution in [2.24, 2.45) is 0 Å². The van der Waals surface area contributed by atoms with Gasteiger partial charge >= 0.3 is 12.0 Å². The van der Waals surface area contributed by atoms with E-state index in [1.165, 1.54) is 12.3 Å². The molecule has 8 heteroatoms. The molecule has 0 bridgehead atoms. The van der Waals surface area contributed by atoms with Crippen molar-refractivity contribution in [2.75, 3.05) is 13.2 Å². The predicted molar refractivity (Wildman–Crippen MR) is 67.5 cm³/mol. The number of amides is 3. The highest BCUT2D eigenvalue weighted by molar-refractivity contribution is 6.07. The van der Waals surface area contributed by atoms with Gasteiger partial charge < -0.3 is 19.6 Å². The summed E-state index contributed by atoms with van der Waals surface area (Å²) in [5.41, 5.74) is -0.978. The molecule has 8 nitrogen and oxygen atoms in total. The molecule has 1 aromatic rings. The molecular formula is C13H14N2O6. The number of aromatic carboxylic acids is 1. The predicted octanol–water partition coefficient (Wildman–Crippen LogP) is 0.579. The first-order chi connectivity index (χ1) is 10.0. The highest BCUT2D eigenvalue weighted by Gasteiger charge is 2.52. The SMILES string of the molecule is O=C(O)c1ccoc1CN1C(=O)NC2(CCOCC2)C1=O. The van der Waals surface area contributed by atoms with Crippen LogP contribution >= 0.6 is 0 Å². The zero-order valence-corrected chi connectivity index (χ0v) is 11.1. The largest absolute Gasteiger partial charge is 0.478 e. The number of carbonyl (C=O) groups excluding carboxylic acids is 2. The van der Waals surface area contributed by atoms with Gasteiger partial charge in [0.1, 0.15) is 16.9 Å². The molecule has 0 aliphatic carbocycles. The van der Waals surface area contributed by atoms with Crippen LogP contribution in [-0.4, -0.2) is 46.7 Å². The van der Waals surface area contributed by atoms with Crippen molar-refractivity contribution in [3.63, 3.8) is 0 Å². The molecule has 0 atom stereocenters. The second-order valence-electron chi connectivity index (χ2n) is 5.08. The Morgan fingerprint density at radius 3 is 2.76 bits per heavy atom. The summed E-state index contributed by atoms with van der Waals surface area (Å²) in [7, 11) is 0. The van der Waals surface area contributed by atoms with Crippen LogP contribution in [0.1, 0.15) is 29.0 Å². The lowest BCUT2D eigenvalue weighted by Gasteiger charge is -2.30. The molecule has 0 saturated carbocycles. The molecule has 3 amide bonds. The van der Waals surface area contributed by atoms with Crippen LogP contribution in [-0.2, 0) is 16.1 Å². The Labute approximate surface area is 119 Å². The Hall–Kier alpha value is -2.35. The minimum Gasteiger partial charge on any atom is -0.478 e. The quantitative estimate of drug-likeness (QED) is 0.789. The molecule has 1 aromatic heterocycles. The Morgan fingerprint density at radius 2 is 2.10 bits per heavy atom. The van der Waals surface area contributed by atoms with Gasteiger partial charge in [-0.15, -0.1) is 0 Å². The summed E-state index contributed by atoms with van der Waals surface area (Å²) < 4.78 is 10.3. The van der Waals surface area contributed by atoms with Gasteiger partial charge in [0.2, 0.25) is 0 Å². The maximum atomic E-state index is 12.5. The first-order valence-electron chi connectivity index (χ1n) is 6.55. The number of rotatable bonds is 3. The number of hydrogen-bond donors (Lipinski definition) is 2. The summed E-state index contributed by atoms with van der Waals surface area (Å²) in [6.07, 6.45) is 2.05. The number of nitrogens with one attached hydrogen (secondary N) is 1. The average molecular weight is 294 g/mol. The third-order valence-electron chi connectivity index (χ3n) is 3.87.